The van der Waals surface area contributed by atoms with E-state index in [4.69, 9.17) is 0 Å². The number of nitrogens with zero attached hydrogens (tertiary/aromatic N) is 4. The lowest BCUT2D eigenvalue weighted by Crippen LogP contribution is -2.42. The van der Waals surface area contributed by atoms with Crippen LogP contribution in [0.15, 0.2) is 42.1 Å². The highest BCUT2D eigenvalue weighted by Gasteiger charge is 2.34. The van der Waals surface area contributed by atoms with Crippen LogP contribution < -0.4 is 0 Å². The Kier molecular flexibility index (Phi) is 6.04. The number of hydrogen-bond donors (Lipinski definition) is 1. The average molecular weight is 359 g/mol. The van der Waals surface area contributed by atoms with E-state index in [-0.39, 0.29) is 0 Å². The van der Waals surface area contributed by atoms with Gasteiger partial charge in [-0.25, -0.2) is 9.97 Å². The first kappa shape index (κ1) is 18.3. The quantitative estimate of drug-likeness (QED) is 0.632. The molecule has 0 spiro atoms. The van der Waals surface area contributed by atoms with E-state index in [0.717, 1.165) is 55.2 Å². The number of likely N-dealkylation sites (tertiary alicyclic amines) is 1. The van der Waals surface area contributed by atoms with Crippen molar-refractivity contribution in [3.05, 3.63) is 48.0 Å². The Morgan fingerprint density at radius 1 is 1.24 bits per heavy atom. The molecule has 0 radical (unpaired) electrons. The van der Waals surface area contributed by atoms with E-state index in [2.05, 4.69) is 33.7 Å². The smallest absolute Gasteiger partial charge is 0.187 e. The first-order valence-corrected chi connectivity index (χ1v) is 9.80. The lowest BCUT2D eigenvalue weighted by molar-refractivity contribution is -0.0280. The molecule has 6 heteroatoms. The van der Waals surface area contributed by atoms with Crippen LogP contribution >= 0.6 is 11.8 Å². The number of rotatable bonds is 6. The van der Waals surface area contributed by atoms with Gasteiger partial charge in [0.1, 0.15) is 0 Å². The maximum atomic E-state index is 10.9. The molecule has 1 N–H and O–H groups in total. The zero-order valence-corrected chi connectivity index (χ0v) is 15.7. The van der Waals surface area contributed by atoms with Crippen LogP contribution in [0.3, 0.4) is 0 Å². The molecule has 5 nitrogen and oxygen atoms in total. The van der Waals surface area contributed by atoms with E-state index in [1.807, 2.05) is 24.5 Å². The number of aromatic nitrogens is 3. The van der Waals surface area contributed by atoms with E-state index in [1.54, 1.807) is 24.2 Å². The summed E-state index contributed by atoms with van der Waals surface area (Å²) in [6.45, 7) is 6.91. The molecule has 1 aliphatic rings. The molecule has 2 aromatic rings. The topological polar surface area (TPSA) is 62.1 Å². The van der Waals surface area contributed by atoms with Crippen molar-refractivity contribution in [2.45, 2.75) is 55.7 Å². The van der Waals surface area contributed by atoms with Gasteiger partial charge in [-0.05, 0) is 25.3 Å². The molecule has 134 valence electrons. The van der Waals surface area contributed by atoms with E-state index >= 15 is 0 Å². The van der Waals surface area contributed by atoms with Crippen molar-refractivity contribution >= 4 is 11.8 Å². The minimum atomic E-state index is -0.752. The molecule has 2 aromatic heterocycles. The lowest BCUT2D eigenvalue weighted by Gasteiger charge is -2.38. The molecule has 0 aromatic carbocycles. The van der Waals surface area contributed by atoms with Gasteiger partial charge < -0.3 is 5.11 Å². The van der Waals surface area contributed by atoms with Gasteiger partial charge in [0.2, 0.25) is 0 Å². The SMILES string of the molecule is CC[C@H](C)Sc1ncc(CN2CCC(O)(c3cccnc3)CC2)cn1. The highest BCUT2D eigenvalue weighted by molar-refractivity contribution is 7.99. The van der Waals surface area contributed by atoms with Gasteiger partial charge in [-0.3, -0.25) is 9.88 Å². The van der Waals surface area contributed by atoms with Crippen LogP contribution in [0.25, 0.3) is 0 Å². The number of hydrogen-bond acceptors (Lipinski definition) is 6. The normalized spacial score (nSPS) is 18.8. The minimum Gasteiger partial charge on any atom is -0.385 e. The van der Waals surface area contributed by atoms with Crippen LogP contribution in [0.1, 0.15) is 44.2 Å². The zero-order chi connectivity index (χ0) is 17.7. The predicted molar refractivity (Wildman–Crippen MR) is 100 cm³/mol. The lowest BCUT2D eigenvalue weighted by atomic mass is 9.85. The van der Waals surface area contributed by atoms with Crippen LogP contribution in [-0.4, -0.2) is 43.3 Å². The second kappa shape index (κ2) is 8.25. The summed E-state index contributed by atoms with van der Waals surface area (Å²) in [4.78, 5) is 15.4. The van der Waals surface area contributed by atoms with Gasteiger partial charge in [0, 0.05) is 60.8 Å². The fraction of sp³-hybridized carbons (Fsp3) is 0.526. The second-order valence-corrected chi connectivity index (χ2v) is 8.17. The van der Waals surface area contributed by atoms with Crippen LogP contribution in [0.4, 0.5) is 0 Å². The molecule has 1 fully saturated rings. The third kappa shape index (κ3) is 4.77. The molecule has 3 heterocycles. The summed E-state index contributed by atoms with van der Waals surface area (Å²) in [5.74, 6) is 0. The Bertz CT molecular complexity index is 657. The molecule has 0 saturated carbocycles. The zero-order valence-electron chi connectivity index (χ0n) is 14.9. The van der Waals surface area contributed by atoms with Gasteiger partial charge in [0.05, 0.1) is 5.60 Å². The van der Waals surface area contributed by atoms with Gasteiger partial charge >= 0.3 is 0 Å². The fourth-order valence-electron chi connectivity index (χ4n) is 3.01. The van der Waals surface area contributed by atoms with Crippen LogP contribution in [-0.2, 0) is 12.1 Å². The summed E-state index contributed by atoms with van der Waals surface area (Å²) in [5.41, 5.74) is 1.29. The number of aliphatic hydroxyl groups is 1. The number of piperidine rings is 1. The third-order valence-electron chi connectivity index (χ3n) is 4.85. The van der Waals surface area contributed by atoms with Gasteiger partial charge in [-0.1, -0.05) is 31.7 Å². The summed E-state index contributed by atoms with van der Waals surface area (Å²) >= 11 is 1.72. The molecular formula is C19H26N4OS. The van der Waals surface area contributed by atoms with Gasteiger partial charge in [0.25, 0.3) is 0 Å². The summed E-state index contributed by atoms with van der Waals surface area (Å²) in [6, 6.07) is 3.85. The molecule has 1 atom stereocenters. The standard InChI is InChI=1S/C19H26N4OS/c1-3-15(2)25-18-21-11-16(12-22-18)14-23-9-6-19(24,7-10-23)17-5-4-8-20-13-17/h4-5,8,11-13,15,24H,3,6-7,9-10,14H2,1-2H3/t15-/m0/s1. The fourth-order valence-corrected chi connectivity index (χ4v) is 3.77. The highest BCUT2D eigenvalue weighted by atomic mass is 32.2. The summed E-state index contributed by atoms with van der Waals surface area (Å²) in [5, 5.41) is 12.3. The first-order valence-electron chi connectivity index (χ1n) is 8.92. The van der Waals surface area contributed by atoms with Crippen LogP contribution in [0, 0.1) is 0 Å². The maximum Gasteiger partial charge on any atom is 0.187 e. The molecule has 0 unspecified atom stereocenters. The van der Waals surface area contributed by atoms with Crippen molar-refractivity contribution in [2.75, 3.05) is 13.1 Å². The number of thioether (sulfide) groups is 1. The maximum absolute atomic E-state index is 10.9. The van der Waals surface area contributed by atoms with Gasteiger partial charge in [-0.2, -0.15) is 0 Å². The Labute approximate surface area is 153 Å². The average Bonchev–Trinajstić information content (AvgIpc) is 2.66. The molecular weight excluding hydrogens is 332 g/mol. The molecule has 1 saturated heterocycles. The van der Waals surface area contributed by atoms with Crippen LogP contribution in [0.5, 0.6) is 0 Å². The predicted octanol–water partition coefficient (Wildman–Crippen LogP) is 3.25. The summed E-state index contributed by atoms with van der Waals surface area (Å²) in [7, 11) is 0. The minimum absolute atomic E-state index is 0.540. The molecule has 0 aliphatic carbocycles. The molecule has 1 aliphatic heterocycles. The summed E-state index contributed by atoms with van der Waals surface area (Å²) in [6.07, 6.45) is 9.94. The summed E-state index contributed by atoms with van der Waals surface area (Å²) < 4.78 is 0. The van der Waals surface area contributed by atoms with Crippen molar-refractivity contribution in [1.29, 1.82) is 0 Å². The van der Waals surface area contributed by atoms with E-state index in [1.165, 1.54) is 0 Å². The van der Waals surface area contributed by atoms with E-state index in [0.29, 0.717) is 5.25 Å². The van der Waals surface area contributed by atoms with Crippen molar-refractivity contribution in [3.63, 3.8) is 0 Å². The van der Waals surface area contributed by atoms with Crippen molar-refractivity contribution in [2.24, 2.45) is 0 Å². The Hall–Kier alpha value is -1.50. The molecule has 0 bridgehead atoms. The van der Waals surface area contributed by atoms with Crippen LogP contribution in [0.2, 0.25) is 0 Å². The second-order valence-electron chi connectivity index (χ2n) is 6.76. The first-order chi connectivity index (χ1) is 12.1. The van der Waals surface area contributed by atoms with E-state index < -0.39 is 5.60 Å². The third-order valence-corrected chi connectivity index (χ3v) is 6.01. The van der Waals surface area contributed by atoms with E-state index in [9.17, 15) is 5.11 Å². The monoisotopic (exact) mass is 358 g/mol. The number of pyridine rings is 1. The Balaban J connectivity index is 1.54. The van der Waals surface area contributed by atoms with Crippen molar-refractivity contribution in [1.82, 2.24) is 19.9 Å². The van der Waals surface area contributed by atoms with Gasteiger partial charge in [0.15, 0.2) is 5.16 Å². The molecule has 25 heavy (non-hydrogen) atoms. The molecule has 3 rings (SSSR count). The Morgan fingerprint density at radius 3 is 2.56 bits per heavy atom. The van der Waals surface area contributed by atoms with Crippen molar-refractivity contribution in [3.8, 4) is 0 Å². The largest absolute Gasteiger partial charge is 0.385 e. The van der Waals surface area contributed by atoms with Crippen molar-refractivity contribution < 1.29 is 5.11 Å². The van der Waals surface area contributed by atoms with Gasteiger partial charge in [-0.15, -0.1) is 0 Å². The highest BCUT2D eigenvalue weighted by Crippen LogP contribution is 2.32. The molecule has 0 amide bonds. The Morgan fingerprint density at radius 2 is 1.96 bits per heavy atom.